The van der Waals surface area contributed by atoms with Crippen molar-refractivity contribution in [1.82, 2.24) is 9.80 Å². The Morgan fingerprint density at radius 3 is 2.47 bits per heavy atom. The van der Waals surface area contributed by atoms with E-state index in [0.717, 1.165) is 26.2 Å². The van der Waals surface area contributed by atoms with Gasteiger partial charge < -0.3 is 15.1 Å². The first-order valence-corrected chi connectivity index (χ1v) is 6.44. The molecule has 0 spiro atoms. The molecule has 0 amide bonds. The van der Waals surface area contributed by atoms with Gasteiger partial charge in [-0.15, -0.1) is 0 Å². The second-order valence-corrected chi connectivity index (χ2v) is 5.11. The first-order chi connectivity index (χ1) is 8.99. The molecular weight excluding hydrogens is 244 g/mol. The maximum Gasteiger partial charge on any atom is 0.180 e. The van der Waals surface area contributed by atoms with Crippen LogP contribution in [0, 0.1) is 6.92 Å². The fourth-order valence-corrected chi connectivity index (χ4v) is 2.21. The molecule has 1 heterocycles. The summed E-state index contributed by atoms with van der Waals surface area (Å²) in [5.74, 6) is -0.210. The fraction of sp³-hybridized carbons (Fsp3) is 0.500. The van der Waals surface area contributed by atoms with Crippen LogP contribution in [0.15, 0.2) is 12.1 Å². The molecule has 5 nitrogen and oxygen atoms in total. The molecule has 1 saturated heterocycles. The zero-order valence-electron chi connectivity index (χ0n) is 11.4. The van der Waals surface area contributed by atoms with Crippen molar-refractivity contribution < 1.29 is 15.0 Å². The number of phenolic OH excluding ortho intramolecular Hbond substituents is 2. The van der Waals surface area contributed by atoms with Crippen LogP contribution in [-0.4, -0.2) is 65.6 Å². The number of benzene rings is 1. The number of carbonyl (C=O) groups is 1. The Hall–Kier alpha value is -1.59. The second kappa shape index (κ2) is 5.59. The summed E-state index contributed by atoms with van der Waals surface area (Å²) in [6, 6.07) is 2.93. The summed E-state index contributed by atoms with van der Waals surface area (Å²) >= 11 is 0. The molecule has 1 aromatic rings. The molecule has 1 aromatic carbocycles. The maximum absolute atomic E-state index is 12.2. The van der Waals surface area contributed by atoms with E-state index in [-0.39, 0.29) is 22.8 Å². The number of likely N-dealkylation sites (N-methyl/N-ethyl adjacent to an activating group) is 1. The Balaban J connectivity index is 2.06. The Kier molecular flexibility index (Phi) is 4.07. The topological polar surface area (TPSA) is 64.0 Å². The number of hydrogen-bond acceptors (Lipinski definition) is 5. The van der Waals surface area contributed by atoms with E-state index in [1.54, 1.807) is 6.92 Å². The molecule has 0 aromatic heterocycles. The fourth-order valence-electron chi connectivity index (χ4n) is 2.21. The minimum atomic E-state index is -0.112. The van der Waals surface area contributed by atoms with Gasteiger partial charge in [-0.2, -0.15) is 0 Å². The van der Waals surface area contributed by atoms with Crippen molar-refractivity contribution in [2.75, 3.05) is 39.8 Å². The van der Waals surface area contributed by atoms with Gasteiger partial charge in [0.05, 0.1) is 12.1 Å². The summed E-state index contributed by atoms with van der Waals surface area (Å²) in [6.45, 7) is 5.53. The van der Waals surface area contributed by atoms with E-state index in [1.807, 2.05) is 0 Å². The first kappa shape index (κ1) is 13.8. The van der Waals surface area contributed by atoms with E-state index < -0.39 is 0 Å². The van der Waals surface area contributed by atoms with Gasteiger partial charge in [0.15, 0.2) is 5.78 Å². The first-order valence-electron chi connectivity index (χ1n) is 6.44. The molecule has 2 rings (SSSR count). The lowest BCUT2D eigenvalue weighted by Gasteiger charge is -2.31. The minimum Gasteiger partial charge on any atom is -0.508 e. The number of piperazine rings is 1. The van der Waals surface area contributed by atoms with E-state index in [1.165, 1.54) is 12.1 Å². The predicted octanol–water partition coefficient (Wildman–Crippen LogP) is 0.836. The van der Waals surface area contributed by atoms with Crippen molar-refractivity contribution in [3.8, 4) is 11.5 Å². The molecular formula is C14H20N2O3. The third kappa shape index (κ3) is 3.05. The minimum absolute atomic E-state index is 0.00801. The van der Waals surface area contributed by atoms with Crippen LogP contribution >= 0.6 is 0 Å². The molecule has 104 valence electrons. The number of hydrogen-bond donors (Lipinski definition) is 2. The van der Waals surface area contributed by atoms with Gasteiger partial charge >= 0.3 is 0 Å². The zero-order valence-corrected chi connectivity index (χ0v) is 11.4. The third-order valence-electron chi connectivity index (χ3n) is 3.67. The maximum atomic E-state index is 12.2. The molecule has 19 heavy (non-hydrogen) atoms. The van der Waals surface area contributed by atoms with Crippen molar-refractivity contribution in [2.24, 2.45) is 0 Å². The third-order valence-corrected chi connectivity index (χ3v) is 3.67. The standard InChI is InChI=1S/C14H20N2O3/c1-10-12(17)4-3-11(14(10)19)13(18)9-16-7-5-15(2)6-8-16/h3-4,17,19H,5-9H2,1-2H3. The summed E-state index contributed by atoms with van der Waals surface area (Å²) < 4.78 is 0. The van der Waals surface area contributed by atoms with Gasteiger partial charge in [-0.1, -0.05) is 0 Å². The van der Waals surface area contributed by atoms with E-state index in [2.05, 4.69) is 16.8 Å². The summed E-state index contributed by atoms with van der Waals surface area (Å²) in [4.78, 5) is 16.5. The van der Waals surface area contributed by atoms with Gasteiger partial charge in [-0.25, -0.2) is 0 Å². The average molecular weight is 264 g/mol. The molecule has 0 aliphatic carbocycles. The highest BCUT2D eigenvalue weighted by Gasteiger charge is 2.20. The van der Waals surface area contributed by atoms with Crippen molar-refractivity contribution in [1.29, 1.82) is 0 Å². The average Bonchev–Trinajstić information content (AvgIpc) is 2.39. The predicted molar refractivity (Wildman–Crippen MR) is 72.8 cm³/mol. The van der Waals surface area contributed by atoms with E-state index in [4.69, 9.17) is 0 Å². The van der Waals surface area contributed by atoms with E-state index in [0.29, 0.717) is 12.1 Å². The van der Waals surface area contributed by atoms with Crippen molar-refractivity contribution in [3.05, 3.63) is 23.3 Å². The largest absolute Gasteiger partial charge is 0.508 e. The Morgan fingerprint density at radius 1 is 1.21 bits per heavy atom. The lowest BCUT2D eigenvalue weighted by Crippen LogP contribution is -2.46. The van der Waals surface area contributed by atoms with Crippen LogP contribution < -0.4 is 0 Å². The van der Waals surface area contributed by atoms with E-state index in [9.17, 15) is 15.0 Å². The molecule has 1 fully saturated rings. The lowest BCUT2D eigenvalue weighted by molar-refractivity contribution is 0.0873. The molecule has 0 saturated carbocycles. The van der Waals surface area contributed by atoms with Crippen LogP contribution in [0.5, 0.6) is 11.5 Å². The van der Waals surface area contributed by atoms with Crippen molar-refractivity contribution in [2.45, 2.75) is 6.92 Å². The lowest BCUT2D eigenvalue weighted by atomic mass is 10.0. The van der Waals surface area contributed by atoms with Crippen LogP contribution in [0.3, 0.4) is 0 Å². The Bertz CT molecular complexity index is 480. The van der Waals surface area contributed by atoms with Gasteiger partial charge in [0.25, 0.3) is 0 Å². The molecule has 1 aliphatic rings. The van der Waals surface area contributed by atoms with Crippen LogP contribution in [0.25, 0.3) is 0 Å². The highest BCUT2D eigenvalue weighted by Crippen LogP contribution is 2.29. The Labute approximate surface area is 113 Å². The summed E-state index contributed by atoms with van der Waals surface area (Å²) in [7, 11) is 2.06. The van der Waals surface area contributed by atoms with Crippen LogP contribution in [0.2, 0.25) is 0 Å². The van der Waals surface area contributed by atoms with Gasteiger partial charge in [0, 0.05) is 31.7 Å². The monoisotopic (exact) mass is 264 g/mol. The van der Waals surface area contributed by atoms with Crippen molar-refractivity contribution >= 4 is 5.78 Å². The SMILES string of the molecule is Cc1c(O)ccc(C(=O)CN2CCN(C)CC2)c1O. The van der Waals surface area contributed by atoms with Crippen LogP contribution in [0.1, 0.15) is 15.9 Å². The molecule has 0 unspecified atom stereocenters. The van der Waals surface area contributed by atoms with Crippen LogP contribution in [-0.2, 0) is 0 Å². The van der Waals surface area contributed by atoms with Gasteiger partial charge in [0.2, 0.25) is 0 Å². The number of nitrogens with zero attached hydrogens (tertiary/aromatic N) is 2. The Morgan fingerprint density at radius 2 is 1.84 bits per heavy atom. The molecule has 0 bridgehead atoms. The normalized spacial score (nSPS) is 17.6. The summed E-state index contributed by atoms with van der Waals surface area (Å²) in [5.41, 5.74) is 0.637. The summed E-state index contributed by atoms with van der Waals surface area (Å²) in [6.07, 6.45) is 0. The van der Waals surface area contributed by atoms with Gasteiger partial charge in [-0.3, -0.25) is 9.69 Å². The smallest absolute Gasteiger partial charge is 0.180 e. The van der Waals surface area contributed by atoms with Gasteiger partial charge in [0.1, 0.15) is 11.5 Å². The number of Topliss-reactive ketones (excluding diaryl/α,β-unsaturated/α-hetero) is 1. The number of carbonyl (C=O) groups excluding carboxylic acids is 1. The number of ketones is 1. The van der Waals surface area contributed by atoms with Gasteiger partial charge in [-0.05, 0) is 26.1 Å². The molecule has 0 atom stereocenters. The zero-order chi connectivity index (χ0) is 14.0. The van der Waals surface area contributed by atoms with Crippen LogP contribution in [0.4, 0.5) is 0 Å². The number of aromatic hydroxyl groups is 2. The highest BCUT2D eigenvalue weighted by molar-refractivity contribution is 6.00. The van der Waals surface area contributed by atoms with Crippen molar-refractivity contribution in [3.63, 3.8) is 0 Å². The number of rotatable bonds is 3. The highest BCUT2D eigenvalue weighted by atomic mass is 16.3. The van der Waals surface area contributed by atoms with E-state index >= 15 is 0 Å². The quantitative estimate of drug-likeness (QED) is 0.792. The summed E-state index contributed by atoms with van der Waals surface area (Å²) in [5, 5.41) is 19.4. The molecule has 1 aliphatic heterocycles. The molecule has 2 N–H and O–H groups in total. The second-order valence-electron chi connectivity index (χ2n) is 5.11. The number of phenols is 2. The molecule has 0 radical (unpaired) electrons. The molecule has 5 heteroatoms.